The maximum atomic E-state index is 11.0. The third-order valence-corrected chi connectivity index (χ3v) is 1.38. The molecule has 0 spiro atoms. The second kappa shape index (κ2) is 3.10. The Kier molecular flexibility index (Phi) is 2.16. The molecule has 0 fully saturated rings. The molecular weight excluding hydrogens is 140 g/mol. The summed E-state index contributed by atoms with van der Waals surface area (Å²) in [6.45, 7) is 1.39. The summed E-state index contributed by atoms with van der Waals surface area (Å²) >= 11 is 0. The maximum Gasteiger partial charge on any atom is 0.189 e. The van der Waals surface area contributed by atoms with E-state index in [4.69, 9.17) is 0 Å². The van der Waals surface area contributed by atoms with Crippen LogP contribution in [0, 0.1) is 0 Å². The third-order valence-electron chi connectivity index (χ3n) is 1.38. The molecule has 0 aliphatic heterocycles. The van der Waals surface area contributed by atoms with Gasteiger partial charge in [-0.15, -0.1) is 0 Å². The quantitative estimate of drug-likeness (QED) is 0.561. The van der Waals surface area contributed by atoms with Gasteiger partial charge in [0.25, 0.3) is 0 Å². The first kappa shape index (κ1) is 7.66. The minimum atomic E-state index is -0.220. The standard InChI is InChI=1S/C9H8O2/c1-7(10)8-5-3-2-4-6-9(8)11/h2-6H,1H3. The molecule has 0 aromatic heterocycles. The van der Waals surface area contributed by atoms with Gasteiger partial charge >= 0.3 is 0 Å². The van der Waals surface area contributed by atoms with Crippen molar-refractivity contribution >= 4 is 5.78 Å². The number of hydrogen-bond donors (Lipinski definition) is 0. The van der Waals surface area contributed by atoms with Crippen molar-refractivity contribution in [1.82, 2.24) is 0 Å². The molecule has 1 rings (SSSR count). The predicted molar refractivity (Wildman–Crippen MR) is 42.7 cm³/mol. The third kappa shape index (κ3) is 1.74. The highest BCUT2D eigenvalue weighted by molar-refractivity contribution is 5.93. The molecule has 0 saturated carbocycles. The van der Waals surface area contributed by atoms with E-state index in [1.165, 1.54) is 19.1 Å². The molecule has 2 heteroatoms. The lowest BCUT2D eigenvalue weighted by molar-refractivity contribution is 0.101. The van der Waals surface area contributed by atoms with Crippen LogP contribution in [0.25, 0.3) is 0 Å². The lowest BCUT2D eigenvalue weighted by atomic mass is 10.2. The number of hydrogen-bond acceptors (Lipinski definition) is 2. The average molecular weight is 148 g/mol. The molecule has 56 valence electrons. The van der Waals surface area contributed by atoms with Crippen LogP contribution >= 0.6 is 0 Å². The fourth-order valence-electron chi connectivity index (χ4n) is 0.822. The summed E-state index contributed by atoms with van der Waals surface area (Å²) in [5, 5.41) is 0. The second-order valence-corrected chi connectivity index (χ2v) is 2.24. The monoisotopic (exact) mass is 148 g/mol. The van der Waals surface area contributed by atoms with Gasteiger partial charge in [0.1, 0.15) is 0 Å². The SMILES string of the molecule is CC(=O)c1cccccc1=O. The molecule has 0 N–H and O–H groups in total. The molecule has 0 heterocycles. The Morgan fingerprint density at radius 1 is 1.18 bits per heavy atom. The minimum Gasteiger partial charge on any atom is -0.294 e. The van der Waals surface area contributed by atoms with Gasteiger partial charge in [0.15, 0.2) is 11.2 Å². The summed E-state index contributed by atoms with van der Waals surface area (Å²) < 4.78 is 0. The molecule has 0 atom stereocenters. The zero-order valence-electron chi connectivity index (χ0n) is 6.20. The molecule has 2 nitrogen and oxygen atoms in total. The van der Waals surface area contributed by atoms with E-state index in [0.717, 1.165) is 0 Å². The highest BCUT2D eigenvalue weighted by Gasteiger charge is 1.99. The maximum absolute atomic E-state index is 11.0. The molecule has 0 saturated heterocycles. The van der Waals surface area contributed by atoms with Crippen LogP contribution in [0.5, 0.6) is 0 Å². The normalized spacial score (nSPS) is 9.18. The van der Waals surface area contributed by atoms with Gasteiger partial charge in [-0.3, -0.25) is 9.59 Å². The average Bonchev–Trinajstić information content (AvgIpc) is 2.13. The summed E-state index contributed by atoms with van der Waals surface area (Å²) in [5.74, 6) is -0.189. The Morgan fingerprint density at radius 3 is 2.45 bits per heavy atom. The topological polar surface area (TPSA) is 34.1 Å². The summed E-state index contributed by atoms with van der Waals surface area (Å²) in [6.07, 6.45) is 0. The highest BCUT2D eigenvalue weighted by Crippen LogP contribution is 1.90. The van der Waals surface area contributed by atoms with Crippen LogP contribution in [0.2, 0.25) is 0 Å². The lowest BCUT2D eigenvalue weighted by Crippen LogP contribution is -2.07. The van der Waals surface area contributed by atoms with E-state index in [1.807, 2.05) is 0 Å². The van der Waals surface area contributed by atoms with Gasteiger partial charge in [-0.05, 0) is 19.1 Å². The van der Waals surface area contributed by atoms with Crippen molar-refractivity contribution in [2.75, 3.05) is 0 Å². The highest BCUT2D eigenvalue weighted by atomic mass is 16.1. The molecule has 1 aromatic carbocycles. The zero-order valence-corrected chi connectivity index (χ0v) is 6.20. The number of carbonyl (C=O) groups excluding carboxylic acids is 1. The van der Waals surface area contributed by atoms with E-state index < -0.39 is 0 Å². The number of ketones is 1. The second-order valence-electron chi connectivity index (χ2n) is 2.24. The van der Waals surface area contributed by atoms with Crippen molar-refractivity contribution in [3.8, 4) is 0 Å². The lowest BCUT2D eigenvalue weighted by Gasteiger charge is -1.84. The first-order chi connectivity index (χ1) is 5.22. The van der Waals surface area contributed by atoms with Crippen molar-refractivity contribution in [3.63, 3.8) is 0 Å². The molecule has 0 aliphatic rings. The molecular formula is C9H8O2. The summed E-state index contributed by atoms with van der Waals surface area (Å²) in [5.41, 5.74) is 0.0255. The molecule has 0 radical (unpaired) electrons. The van der Waals surface area contributed by atoms with E-state index in [0.29, 0.717) is 0 Å². The van der Waals surface area contributed by atoms with E-state index in [-0.39, 0.29) is 16.8 Å². The van der Waals surface area contributed by atoms with E-state index in [2.05, 4.69) is 0 Å². The number of rotatable bonds is 1. The van der Waals surface area contributed by atoms with E-state index in [1.54, 1.807) is 18.2 Å². The molecule has 1 aromatic rings. The van der Waals surface area contributed by atoms with Crippen LogP contribution in [-0.2, 0) is 0 Å². The number of carbonyl (C=O) groups is 1. The van der Waals surface area contributed by atoms with Gasteiger partial charge in [-0.25, -0.2) is 0 Å². The first-order valence-corrected chi connectivity index (χ1v) is 3.32. The Morgan fingerprint density at radius 2 is 1.82 bits per heavy atom. The zero-order chi connectivity index (χ0) is 8.27. The van der Waals surface area contributed by atoms with Crippen LogP contribution in [0.4, 0.5) is 0 Å². The predicted octanol–water partition coefficient (Wildman–Crippen LogP) is 1.25. The summed E-state index contributed by atoms with van der Waals surface area (Å²) in [7, 11) is 0. The van der Waals surface area contributed by atoms with Crippen LogP contribution in [0.15, 0.2) is 35.1 Å². The van der Waals surface area contributed by atoms with Crippen LogP contribution in [-0.4, -0.2) is 5.78 Å². The molecule has 11 heavy (non-hydrogen) atoms. The van der Waals surface area contributed by atoms with Crippen molar-refractivity contribution in [2.45, 2.75) is 6.92 Å². The summed E-state index contributed by atoms with van der Waals surface area (Å²) in [4.78, 5) is 21.8. The molecule has 0 aliphatic carbocycles. The molecule has 0 unspecified atom stereocenters. The van der Waals surface area contributed by atoms with Gasteiger partial charge in [0.05, 0.1) is 5.56 Å². The van der Waals surface area contributed by atoms with Crippen LogP contribution in [0.1, 0.15) is 17.3 Å². The van der Waals surface area contributed by atoms with Crippen molar-refractivity contribution in [1.29, 1.82) is 0 Å². The van der Waals surface area contributed by atoms with Gasteiger partial charge in [-0.2, -0.15) is 0 Å². The largest absolute Gasteiger partial charge is 0.294 e. The minimum absolute atomic E-state index is 0.189. The summed E-state index contributed by atoms with van der Waals surface area (Å²) in [6, 6.07) is 7.93. The fourth-order valence-corrected chi connectivity index (χ4v) is 0.822. The first-order valence-electron chi connectivity index (χ1n) is 3.32. The van der Waals surface area contributed by atoms with E-state index in [9.17, 15) is 9.59 Å². The van der Waals surface area contributed by atoms with Gasteiger partial charge in [-0.1, -0.05) is 18.2 Å². The van der Waals surface area contributed by atoms with E-state index >= 15 is 0 Å². The van der Waals surface area contributed by atoms with Gasteiger partial charge in [0, 0.05) is 0 Å². The van der Waals surface area contributed by atoms with Crippen molar-refractivity contribution < 1.29 is 4.79 Å². The fraction of sp³-hybridized carbons (Fsp3) is 0.111. The molecule has 0 amide bonds. The van der Waals surface area contributed by atoms with Crippen molar-refractivity contribution in [2.24, 2.45) is 0 Å². The Balaban J connectivity index is 3.41. The van der Waals surface area contributed by atoms with Crippen LogP contribution in [0.3, 0.4) is 0 Å². The Bertz CT molecular complexity index is 328. The number of Topliss-reactive ketones (excluding diaryl/α,β-unsaturated/α-hetero) is 1. The van der Waals surface area contributed by atoms with Crippen molar-refractivity contribution in [3.05, 3.63) is 46.1 Å². The van der Waals surface area contributed by atoms with Gasteiger partial charge in [0.2, 0.25) is 0 Å². The Hall–Kier alpha value is -1.44. The van der Waals surface area contributed by atoms with Gasteiger partial charge < -0.3 is 0 Å². The molecule has 0 bridgehead atoms. The Labute approximate surface area is 64.5 Å². The van der Waals surface area contributed by atoms with Crippen LogP contribution < -0.4 is 5.43 Å². The smallest absolute Gasteiger partial charge is 0.189 e.